The van der Waals surface area contributed by atoms with E-state index in [1.807, 2.05) is 95.9 Å². The fourth-order valence-electron chi connectivity index (χ4n) is 5.23. The van der Waals surface area contributed by atoms with Gasteiger partial charge in [0.2, 0.25) is 5.91 Å². The third-order valence-corrected chi connectivity index (χ3v) is 10.7. The van der Waals surface area contributed by atoms with Gasteiger partial charge < -0.3 is 20.7 Å². The van der Waals surface area contributed by atoms with Crippen molar-refractivity contribution in [2.45, 2.75) is 17.1 Å². The molecule has 260 valence electrons. The maximum Gasteiger partial charge on any atom is 0.341 e. The van der Waals surface area contributed by atoms with Gasteiger partial charge in [-0.2, -0.15) is 11.3 Å². The highest BCUT2D eigenvalue weighted by Gasteiger charge is 2.27. The molecule has 0 saturated carbocycles. The molecule has 6 rings (SSSR count). The van der Waals surface area contributed by atoms with Gasteiger partial charge in [0.25, 0.3) is 11.8 Å². The first-order valence-corrected chi connectivity index (χ1v) is 18.8. The molecule has 1 unspecified atom stereocenters. The summed E-state index contributed by atoms with van der Waals surface area (Å²) in [6, 6.07) is 34.8. The third kappa shape index (κ3) is 8.93. The van der Waals surface area contributed by atoms with E-state index in [4.69, 9.17) is 4.74 Å². The number of amides is 3. The van der Waals surface area contributed by atoms with Crippen molar-refractivity contribution in [3.63, 3.8) is 0 Å². The minimum Gasteiger partial charge on any atom is -0.465 e. The number of rotatable bonds is 12. The van der Waals surface area contributed by atoms with Gasteiger partial charge in [0.15, 0.2) is 0 Å². The van der Waals surface area contributed by atoms with Crippen LogP contribution in [0.2, 0.25) is 0 Å². The number of nitrogens with one attached hydrogen (secondary N) is 3. The maximum atomic E-state index is 14.1. The van der Waals surface area contributed by atoms with Gasteiger partial charge in [-0.1, -0.05) is 84.4 Å². The summed E-state index contributed by atoms with van der Waals surface area (Å²) in [5.74, 6) is -1.80. The first-order chi connectivity index (χ1) is 25.3. The smallest absolute Gasteiger partial charge is 0.341 e. The standard InChI is InChI=1S/C41H33N3O5S3/c1-26-16-18-28(19-17-26)33-25-51-40(35(33)41(48)49-2)44-39(47)36(29-10-5-3-6-11-29)52-32-15-9-14-31(23-32)42-38(46)34(22-27-20-21-50-24-27)43-37(45)30-12-7-4-8-13-30/h3-25,36H,1-2H3,(H,42,46)(H,43,45)(H,44,47)/b34-22-. The Bertz CT molecular complexity index is 2220. The van der Waals surface area contributed by atoms with E-state index < -0.39 is 23.0 Å². The second-order valence-electron chi connectivity index (χ2n) is 11.5. The van der Waals surface area contributed by atoms with Crippen molar-refractivity contribution < 1.29 is 23.9 Å². The van der Waals surface area contributed by atoms with E-state index in [0.29, 0.717) is 26.7 Å². The van der Waals surface area contributed by atoms with Crippen molar-refractivity contribution in [2.24, 2.45) is 0 Å². The Morgan fingerprint density at radius 1 is 0.808 bits per heavy atom. The molecule has 0 radical (unpaired) electrons. The Balaban J connectivity index is 1.24. The molecule has 3 N–H and O–H groups in total. The highest BCUT2D eigenvalue weighted by Crippen LogP contribution is 2.40. The van der Waals surface area contributed by atoms with Crippen molar-refractivity contribution in [1.29, 1.82) is 0 Å². The van der Waals surface area contributed by atoms with Crippen LogP contribution in [0.4, 0.5) is 10.7 Å². The Kier molecular flexibility index (Phi) is 11.8. The number of thioether (sulfide) groups is 1. The molecule has 6 aromatic rings. The summed E-state index contributed by atoms with van der Waals surface area (Å²) >= 11 is 4.03. The maximum absolute atomic E-state index is 14.1. The van der Waals surface area contributed by atoms with Crippen LogP contribution in [-0.4, -0.2) is 30.8 Å². The number of methoxy groups -OCH3 is 1. The Morgan fingerprint density at radius 2 is 1.54 bits per heavy atom. The highest BCUT2D eigenvalue weighted by molar-refractivity contribution is 8.00. The van der Waals surface area contributed by atoms with Crippen molar-refractivity contribution in [2.75, 3.05) is 17.7 Å². The van der Waals surface area contributed by atoms with Gasteiger partial charge >= 0.3 is 5.97 Å². The summed E-state index contributed by atoms with van der Waals surface area (Å²) < 4.78 is 5.13. The van der Waals surface area contributed by atoms with E-state index in [2.05, 4.69) is 16.0 Å². The van der Waals surface area contributed by atoms with Crippen LogP contribution >= 0.6 is 34.4 Å². The number of hydrogen-bond donors (Lipinski definition) is 3. The molecule has 1 atom stereocenters. The molecule has 0 saturated heterocycles. The van der Waals surface area contributed by atoms with Crippen LogP contribution in [0.3, 0.4) is 0 Å². The molecule has 2 heterocycles. The Morgan fingerprint density at radius 3 is 2.23 bits per heavy atom. The number of carbonyl (C=O) groups is 4. The summed E-state index contributed by atoms with van der Waals surface area (Å²) in [6.07, 6.45) is 1.62. The summed E-state index contributed by atoms with van der Waals surface area (Å²) in [5.41, 5.74) is 5.38. The molecule has 0 spiro atoms. The van der Waals surface area contributed by atoms with Gasteiger partial charge in [-0.3, -0.25) is 14.4 Å². The van der Waals surface area contributed by atoms with Crippen LogP contribution in [0.5, 0.6) is 0 Å². The molecule has 3 amide bonds. The molecule has 0 bridgehead atoms. The highest BCUT2D eigenvalue weighted by atomic mass is 32.2. The van der Waals surface area contributed by atoms with E-state index in [9.17, 15) is 19.2 Å². The molecule has 2 aromatic heterocycles. The zero-order valence-electron chi connectivity index (χ0n) is 28.1. The molecule has 0 fully saturated rings. The lowest BCUT2D eigenvalue weighted by molar-refractivity contribution is -0.116. The van der Waals surface area contributed by atoms with Crippen molar-refractivity contribution in [1.82, 2.24) is 5.32 Å². The van der Waals surface area contributed by atoms with Crippen LogP contribution < -0.4 is 16.0 Å². The van der Waals surface area contributed by atoms with Crippen LogP contribution in [0.15, 0.2) is 142 Å². The number of aryl methyl sites for hydroxylation is 1. The number of anilines is 2. The van der Waals surface area contributed by atoms with E-state index in [1.54, 1.807) is 48.5 Å². The van der Waals surface area contributed by atoms with Crippen molar-refractivity contribution in [3.8, 4) is 11.1 Å². The lowest BCUT2D eigenvalue weighted by atomic mass is 10.0. The molecule has 52 heavy (non-hydrogen) atoms. The zero-order chi connectivity index (χ0) is 36.5. The van der Waals surface area contributed by atoms with Gasteiger partial charge in [0, 0.05) is 27.1 Å². The number of carbonyl (C=O) groups excluding carboxylic acids is 4. The van der Waals surface area contributed by atoms with Crippen LogP contribution in [0.1, 0.15) is 42.7 Å². The number of thiophene rings is 2. The molecule has 4 aromatic carbocycles. The Labute approximate surface area is 313 Å². The molecular formula is C41H33N3O5S3. The fraction of sp³-hybridized carbons (Fsp3) is 0.0732. The van der Waals surface area contributed by atoms with Crippen molar-refractivity contribution >= 4 is 74.9 Å². The molecule has 0 aliphatic rings. The number of esters is 1. The summed E-state index contributed by atoms with van der Waals surface area (Å²) in [6.45, 7) is 1.99. The fourth-order valence-corrected chi connectivity index (χ4v) is 7.89. The average Bonchev–Trinajstić information content (AvgIpc) is 3.84. The SMILES string of the molecule is COC(=O)c1c(-c2ccc(C)cc2)csc1NC(=O)C(Sc1cccc(NC(=O)/C(=C/c2ccsc2)NC(=O)c2ccccc2)c1)c1ccccc1. The summed E-state index contributed by atoms with van der Waals surface area (Å²) in [5, 5.41) is 13.9. The zero-order valence-corrected chi connectivity index (χ0v) is 30.6. The Hall–Kier alpha value is -5.75. The average molecular weight is 744 g/mol. The van der Waals surface area contributed by atoms with E-state index in [-0.39, 0.29) is 17.2 Å². The van der Waals surface area contributed by atoms with Gasteiger partial charge in [0.05, 0.1) is 7.11 Å². The lowest BCUT2D eigenvalue weighted by Crippen LogP contribution is -2.30. The molecule has 8 nitrogen and oxygen atoms in total. The normalized spacial score (nSPS) is 11.7. The number of hydrogen-bond acceptors (Lipinski definition) is 8. The first-order valence-electron chi connectivity index (χ1n) is 16.1. The van der Waals surface area contributed by atoms with Gasteiger partial charge in [-0.25, -0.2) is 4.79 Å². The molecule has 11 heteroatoms. The van der Waals surface area contributed by atoms with Crippen LogP contribution in [0, 0.1) is 6.92 Å². The molecule has 0 aliphatic carbocycles. The largest absolute Gasteiger partial charge is 0.465 e. The summed E-state index contributed by atoms with van der Waals surface area (Å²) in [4.78, 5) is 54.5. The van der Waals surface area contributed by atoms with Crippen molar-refractivity contribution in [3.05, 3.63) is 165 Å². The van der Waals surface area contributed by atoms with E-state index >= 15 is 0 Å². The molecular weight excluding hydrogens is 711 g/mol. The monoisotopic (exact) mass is 743 g/mol. The predicted molar refractivity (Wildman–Crippen MR) is 211 cm³/mol. The lowest BCUT2D eigenvalue weighted by Gasteiger charge is -2.18. The number of benzene rings is 4. The van der Waals surface area contributed by atoms with Gasteiger partial charge in [-0.05, 0) is 76.8 Å². The topological polar surface area (TPSA) is 114 Å². The second kappa shape index (κ2) is 17.0. The molecule has 0 aliphatic heterocycles. The van der Waals surface area contributed by atoms with Gasteiger partial charge in [0.1, 0.15) is 21.5 Å². The van der Waals surface area contributed by atoms with Gasteiger partial charge in [-0.15, -0.1) is 23.1 Å². The van der Waals surface area contributed by atoms with E-state index in [1.165, 1.54) is 41.5 Å². The number of ether oxygens (including phenoxy) is 1. The quantitative estimate of drug-likeness (QED) is 0.0654. The minimum absolute atomic E-state index is 0.0780. The van der Waals surface area contributed by atoms with Crippen LogP contribution in [-0.2, 0) is 14.3 Å². The minimum atomic E-state index is -0.721. The predicted octanol–water partition coefficient (Wildman–Crippen LogP) is 9.45. The summed E-state index contributed by atoms with van der Waals surface area (Å²) in [7, 11) is 1.32. The van der Waals surface area contributed by atoms with E-state index in [0.717, 1.165) is 22.3 Å². The second-order valence-corrected chi connectivity index (χ2v) is 14.4. The first kappa shape index (κ1) is 36.1. The third-order valence-electron chi connectivity index (χ3n) is 7.85. The van der Waals surface area contributed by atoms with Crippen LogP contribution in [0.25, 0.3) is 17.2 Å².